The molecule has 0 aliphatic heterocycles. The third kappa shape index (κ3) is 7.00. The predicted octanol–water partition coefficient (Wildman–Crippen LogP) is 6.11. The molecule has 0 fully saturated rings. The number of esters is 1. The molecule has 0 aliphatic rings. The fourth-order valence-electron chi connectivity index (χ4n) is 4.03. The van der Waals surface area contributed by atoms with Crippen molar-refractivity contribution in [3.05, 3.63) is 86.6 Å². The van der Waals surface area contributed by atoms with E-state index in [1.165, 1.54) is 25.3 Å². The fraction of sp³-hybridized carbons (Fsp3) is 0.308. The molecule has 0 aliphatic carbocycles. The van der Waals surface area contributed by atoms with Gasteiger partial charge in [0.1, 0.15) is 17.3 Å². The molecule has 1 heterocycles. The number of halogens is 5. The van der Waals surface area contributed by atoms with Crippen LogP contribution in [0.4, 0.5) is 39.0 Å². The van der Waals surface area contributed by atoms with Crippen molar-refractivity contribution < 1.29 is 41.1 Å². The number of carbonyl (C=O) groups is 1. The number of benzene rings is 2. The topological polar surface area (TPSA) is 116 Å². The lowest BCUT2D eigenvalue weighted by molar-refractivity contribution is -0.385. The van der Waals surface area contributed by atoms with Crippen LogP contribution >= 0.6 is 0 Å². The van der Waals surface area contributed by atoms with E-state index in [2.05, 4.69) is 20.4 Å². The molecule has 0 radical (unpaired) electrons. The largest absolute Gasteiger partial charge is 0.481 e. The average molecular weight is 568 g/mol. The summed E-state index contributed by atoms with van der Waals surface area (Å²) in [6.45, 7) is 1.91. The minimum absolute atomic E-state index is 0.0987. The third-order valence-electron chi connectivity index (χ3n) is 5.97. The molecule has 214 valence electrons. The van der Waals surface area contributed by atoms with Gasteiger partial charge in [-0.2, -0.15) is 13.2 Å². The molecular weight excluding hydrogens is 543 g/mol. The van der Waals surface area contributed by atoms with Crippen LogP contribution in [0.3, 0.4) is 0 Å². The van der Waals surface area contributed by atoms with E-state index in [9.17, 15) is 36.9 Å². The smallest absolute Gasteiger partial charge is 0.419 e. The Morgan fingerprint density at radius 1 is 1.10 bits per heavy atom. The first-order chi connectivity index (χ1) is 18.9. The molecule has 0 amide bonds. The van der Waals surface area contributed by atoms with Gasteiger partial charge in [0.15, 0.2) is 0 Å². The number of carbonyl (C=O) groups excluding carboxylic acids is 1. The predicted molar refractivity (Wildman–Crippen MR) is 135 cm³/mol. The van der Waals surface area contributed by atoms with Gasteiger partial charge in [0.25, 0.3) is 5.69 Å². The number of hydrogen-bond acceptors (Lipinski definition) is 8. The van der Waals surface area contributed by atoms with E-state index in [1.807, 2.05) is 0 Å². The number of rotatable bonds is 11. The van der Waals surface area contributed by atoms with Crippen molar-refractivity contribution in [3.8, 4) is 5.88 Å². The van der Waals surface area contributed by atoms with Gasteiger partial charge in [-0.25, -0.2) is 18.6 Å². The van der Waals surface area contributed by atoms with Crippen LogP contribution in [0.5, 0.6) is 5.88 Å². The summed E-state index contributed by atoms with van der Waals surface area (Å²) < 4.78 is 78.3. The minimum atomic E-state index is -5.05. The van der Waals surface area contributed by atoms with Gasteiger partial charge in [-0.05, 0) is 42.3 Å². The number of nitrogens with zero attached hydrogens (tertiary/aromatic N) is 2. The minimum Gasteiger partial charge on any atom is -0.481 e. The molecule has 2 aromatic carbocycles. The normalized spacial score (nSPS) is 12.1. The molecule has 0 saturated heterocycles. The number of alkyl halides is 3. The Kier molecular flexibility index (Phi) is 9.58. The van der Waals surface area contributed by atoms with E-state index >= 15 is 0 Å². The number of anilines is 2. The summed E-state index contributed by atoms with van der Waals surface area (Å²) in [5.41, 5.74) is -2.15. The standard InChI is InChI=1S/C26H25F5N4O5/c1-4-19(32-10-9-21-23(35(37)38)7-8-24(34-21)39-2)15-11-14(27)5-6-20(15)33-22-13-17(26(29,30)31)18(28)12-16(22)25(36)40-3/h5-8,11-13,19,32-33H,4,9-10H2,1-3H3. The summed E-state index contributed by atoms with van der Waals surface area (Å²) in [6, 6.07) is 6.38. The number of hydrogen-bond donors (Lipinski definition) is 2. The number of ether oxygens (including phenoxy) is 2. The van der Waals surface area contributed by atoms with Gasteiger partial charge in [0.05, 0.1) is 36.0 Å². The highest BCUT2D eigenvalue weighted by Gasteiger charge is 2.36. The van der Waals surface area contributed by atoms with Crippen molar-refractivity contribution in [1.82, 2.24) is 10.3 Å². The van der Waals surface area contributed by atoms with Crippen LogP contribution in [-0.4, -0.2) is 36.6 Å². The van der Waals surface area contributed by atoms with Crippen molar-refractivity contribution in [2.75, 3.05) is 26.1 Å². The first kappa shape index (κ1) is 30.2. The van der Waals surface area contributed by atoms with Crippen LogP contribution in [-0.2, 0) is 17.3 Å². The third-order valence-corrected chi connectivity index (χ3v) is 5.97. The maximum atomic E-state index is 14.3. The summed E-state index contributed by atoms with van der Waals surface area (Å²) in [4.78, 5) is 27.1. The van der Waals surface area contributed by atoms with Crippen LogP contribution in [0.25, 0.3) is 0 Å². The highest BCUT2D eigenvalue weighted by Crippen LogP contribution is 2.37. The second-order valence-corrected chi connectivity index (χ2v) is 8.47. The molecule has 9 nitrogen and oxygen atoms in total. The number of pyridine rings is 1. The summed E-state index contributed by atoms with van der Waals surface area (Å²) in [5.74, 6) is -3.21. The molecule has 1 unspecified atom stereocenters. The van der Waals surface area contributed by atoms with Crippen LogP contribution < -0.4 is 15.4 Å². The SMILES string of the molecule is CCC(NCCc1nc(OC)ccc1[N+](=O)[O-])c1cc(F)ccc1Nc1cc(C(F)(F)F)c(F)cc1C(=O)OC. The first-order valence-electron chi connectivity index (χ1n) is 11.9. The summed E-state index contributed by atoms with van der Waals surface area (Å²) in [7, 11) is 2.36. The van der Waals surface area contributed by atoms with Crippen molar-refractivity contribution in [2.24, 2.45) is 0 Å². The zero-order valence-electron chi connectivity index (χ0n) is 21.6. The van der Waals surface area contributed by atoms with E-state index in [-0.39, 0.29) is 41.5 Å². The van der Waals surface area contributed by atoms with Crippen molar-refractivity contribution in [2.45, 2.75) is 32.0 Å². The van der Waals surface area contributed by atoms with Gasteiger partial charge in [0.2, 0.25) is 5.88 Å². The summed E-state index contributed by atoms with van der Waals surface area (Å²) >= 11 is 0. The van der Waals surface area contributed by atoms with Crippen LogP contribution in [0, 0.1) is 21.7 Å². The zero-order chi connectivity index (χ0) is 29.6. The first-order valence-corrected chi connectivity index (χ1v) is 11.9. The molecule has 0 spiro atoms. The monoisotopic (exact) mass is 568 g/mol. The molecule has 1 atom stereocenters. The molecule has 14 heteroatoms. The van der Waals surface area contributed by atoms with Gasteiger partial charge in [-0.15, -0.1) is 0 Å². The Labute approximate surface area is 225 Å². The highest BCUT2D eigenvalue weighted by atomic mass is 19.4. The average Bonchev–Trinajstić information content (AvgIpc) is 2.91. The van der Waals surface area contributed by atoms with Gasteiger partial charge >= 0.3 is 12.1 Å². The van der Waals surface area contributed by atoms with Crippen LogP contribution in [0.15, 0.2) is 42.5 Å². The van der Waals surface area contributed by atoms with Crippen LogP contribution in [0.1, 0.15) is 46.6 Å². The quantitative estimate of drug-likeness (QED) is 0.123. The van der Waals surface area contributed by atoms with Crippen molar-refractivity contribution >= 4 is 23.0 Å². The van der Waals surface area contributed by atoms with Crippen LogP contribution in [0.2, 0.25) is 0 Å². The molecule has 2 N–H and O–H groups in total. The maximum absolute atomic E-state index is 14.3. The van der Waals surface area contributed by atoms with E-state index in [0.29, 0.717) is 18.6 Å². The van der Waals surface area contributed by atoms with Gasteiger partial charge in [-0.3, -0.25) is 10.1 Å². The van der Waals surface area contributed by atoms with E-state index in [1.54, 1.807) is 6.92 Å². The van der Waals surface area contributed by atoms with Gasteiger partial charge < -0.3 is 20.1 Å². The fourth-order valence-corrected chi connectivity index (χ4v) is 4.03. The van der Waals surface area contributed by atoms with Crippen molar-refractivity contribution in [1.29, 1.82) is 0 Å². The summed E-state index contributed by atoms with van der Waals surface area (Å²) in [5, 5.41) is 17.2. The molecule has 3 aromatic rings. The number of methoxy groups -OCH3 is 2. The lowest BCUT2D eigenvalue weighted by atomic mass is 10.0. The Morgan fingerprint density at radius 3 is 2.42 bits per heavy atom. The summed E-state index contributed by atoms with van der Waals surface area (Å²) in [6.07, 6.45) is -4.58. The number of aromatic nitrogens is 1. The molecule has 0 saturated carbocycles. The van der Waals surface area contributed by atoms with E-state index in [0.717, 1.165) is 19.2 Å². The lowest BCUT2D eigenvalue weighted by Gasteiger charge is -2.23. The second-order valence-electron chi connectivity index (χ2n) is 8.47. The lowest BCUT2D eigenvalue weighted by Crippen LogP contribution is -2.25. The molecule has 3 rings (SSSR count). The highest BCUT2D eigenvalue weighted by molar-refractivity contribution is 5.97. The second kappa shape index (κ2) is 12.7. The van der Waals surface area contributed by atoms with Crippen molar-refractivity contribution in [3.63, 3.8) is 0 Å². The molecule has 0 bridgehead atoms. The maximum Gasteiger partial charge on any atom is 0.419 e. The van der Waals surface area contributed by atoms with E-state index < -0.39 is 51.6 Å². The Hall–Kier alpha value is -4.33. The molecule has 40 heavy (non-hydrogen) atoms. The Balaban J connectivity index is 1.94. The zero-order valence-corrected chi connectivity index (χ0v) is 21.6. The Bertz CT molecular complexity index is 1400. The molecule has 1 aromatic heterocycles. The molecular formula is C26H25F5N4O5. The van der Waals surface area contributed by atoms with Gasteiger partial charge in [0, 0.05) is 36.8 Å². The van der Waals surface area contributed by atoms with Gasteiger partial charge in [-0.1, -0.05) is 6.92 Å². The number of nitro groups is 1. The van der Waals surface area contributed by atoms with E-state index in [4.69, 9.17) is 4.74 Å². The Morgan fingerprint density at radius 2 is 1.82 bits per heavy atom. The number of nitrogens with one attached hydrogen (secondary N) is 2.